The highest BCUT2D eigenvalue weighted by molar-refractivity contribution is 5.85. The van der Waals surface area contributed by atoms with Crippen LogP contribution in [-0.2, 0) is 16.1 Å². The fourth-order valence-electron chi connectivity index (χ4n) is 3.95. The molecule has 0 atom stereocenters. The summed E-state index contributed by atoms with van der Waals surface area (Å²) < 4.78 is 15.1. The monoisotopic (exact) mass is 361 g/mol. The molecule has 3 rings (SSSR count). The van der Waals surface area contributed by atoms with Crippen LogP contribution in [0, 0.1) is 0 Å². The molecule has 2 heterocycles. The van der Waals surface area contributed by atoms with Gasteiger partial charge in [-0.05, 0) is 18.4 Å². The second-order valence-corrected chi connectivity index (χ2v) is 7.41. The van der Waals surface area contributed by atoms with E-state index in [2.05, 4.69) is 10.2 Å². The molecule has 1 N–H and O–H groups in total. The van der Waals surface area contributed by atoms with E-state index in [1.807, 2.05) is 35.2 Å². The zero-order chi connectivity index (χ0) is 18.6. The third-order valence-corrected chi connectivity index (χ3v) is 5.72. The second-order valence-electron chi connectivity index (χ2n) is 7.41. The van der Waals surface area contributed by atoms with Crippen LogP contribution in [0.1, 0.15) is 38.2 Å². The lowest BCUT2D eigenvalue weighted by atomic mass is 9.90. The van der Waals surface area contributed by atoms with Gasteiger partial charge < -0.3 is 10.2 Å². The predicted molar refractivity (Wildman–Crippen MR) is 98.2 cm³/mol. The van der Waals surface area contributed by atoms with Gasteiger partial charge in [-0.3, -0.25) is 14.5 Å². The number of carbonyl (C=O) groups excluding carboxylic acids is 2. The number of benzene rings is 1. The number of likely N-dealkylation sites (tertiary alicyclic amines) is 2. The number of hydrogen-bond acceptors (Lipinski definition) is 3. The van der Waals surface area contributed by atoms with Crippen molar-refractivity contribution < 1.29 is 14.0 Å². The molecule has 5 nitrogen and oxygen atoms in total. The number of hydrogen-bond donors (Lipinski definition) is 1. The van der Waals surface area contributed by atoms with E-state index in [4.69, 9.17) is 0 Å². The van der Waals surface area contributed by atoms with Crippen LogP contribution in [0.25, 0.3) is 0 Å². The summed E-state index contributed by atoms with van der Waals surface area (Å²) >= 11 is 0. The van der Waals surface area contributed by atoms with Gasteiger partial charge in [-0.25, -0.2) is 4.39 Å². The maximum absolute atomic E-state index is 15.1. The summed E-state index contributed by atoms with van der Waals surface area (Å²) in [6.45, 7) is 4.70. The standard InChI is InChI=1S/C20H28FN3O2/c1-16(25)23-11-7-18(8-12-23)24-13-9-20(21,10-14-24)19(26)22-15-17-5-3-2-4-6-17/h2-6,18H,7-15H2,1H3,(H,22,26). The summed E-state index contributed by atoms with van der Waals surface area (Å²) in [6.07, 6.45) is 2.33. The Hall–Kier alpha value is -1.95. The minimum atomic E-state index is -1.77. The predicted octanol–water partition coefficient (Wildman–Crippen LogP) is 2.12. The van der Waals surface area contributed by atoms with Crippen LogP contribution in [0.5, 0.6) is 0 Å². The van der Waals surface area contributed by atoms with Crippen LogP contribution in [0.3, 0.4) is 0 Å². The lowest BCUT2D eigenvalue weighted by Crippen LogP contribution is -2.54. The Bertz CT molecular complexity index is 621. The van der Waals surface area contributed by atoms with Crippen molar-refractivity contribution in [1.29, 1.82) is 0 Å². The first-order valence-electron chi connectivity index (χ1n) is 9.49. The molecule has 0 bridgehead atoms. The van der Waals surface area contributed by atoms with E-state index in [-0.39, 0.29) is 18.7 Å². The average molecular weight is 361 g/mol. The summed E-state index contributed by atoms with van der Waals surface area (Å²) in [7, 11) is 0. The number of alkyl halides is 1. The normalized spacial score (nSPS) is 21.4. The number of carbonyl (C=O) groups is 2. The number of nitrogens with zero attached hydrogens (tertiary/aromatic N) is 2. The maximum Gasteiger partial charge on any atom is 0.258 e. The SMILES string of the molecule is CC(=O)N1CCC(N2CCC(F)(C(=O)NCc3ccccc3)CC2)CC1. The molecule has 0 saturated carbocycles. The van der Waals surface area contributed by atoms with Gasteiger partial charge in [0, 0.05) is 58.5 Å². The van der Waals surface area contributed by atoms with Crippen molar-refractivity contribution in [2.75, 3.05) is 26.2 Å². The molecule has 1 aromatic rings. The van der Waals surface area contributed by atoms with Crippen LogP contribution in [-0.4, -0.2) is 59.5 Å². The minimum absolute atomic E-state index is 0.125. The van der Waals surface area contributed by atoms with Crippen molar-refractivity contribution in [2.45, 2.75) is 50.9 Å². The molecule has 2 aliphatic heterocycles. The van der Waals surface area contributed by atoms with Crippen LogP contribution in [0.15, 0.2) is 30.3 Å². The zero-order valence-electron chi connectivity index (χ0n) is 15.4. The lowest BCUT2D eigenvalue weighted by molar-refractivity contribution is -0.137. The van der Waals surface area contributed by atoms with E-state index >= 15 is 4.39 Å². The molecular weight excluding hydrogens is 333 g/mol. The maximum atomic E-state index is 15.1. The summed E-state index contributed by atoms with van der Waals surface area (Å²) in [4.78, 5) is 27.9. The van der Waals surface area contributed by atoms with Gasteiger partial charge in [0.25, 0.3) is 5.91 Å². The molecule has 2 saturated heterocycles. The second kappa shape index (κ2) is 8.16. The van der Waals surface area contributed by atoms with E-state index in [1.54, 1.807) is 6.92 Å². The fraction of sp³-hybridized carbons (Fsp3) is 0.600. The topological polar surface area (TPSA) is 52.7 Å². The molecule has 0 spiro atoms. The Morgan fingerprint density at radius 2 is 1.73 bits per heavy atom. The van der Waals surface area contributed by atoms with Crippen molar-refractivity contribution in [3.63, 3.8) is 0 Å². The van der Waals surface area contributed by atoms with Gasteiger partial charge in [0.05, 0.1) is 0 Å². The van der Waals surface area contributed by atoms with Gasteiger partial charge in [0.1, 0.15) is 0 Å². The Labute approximate surface area is 154 Å². The number of rotatable bonds is 4. The quantitative estimate of drug-likeness (QED) is 0.894. The van der Waals surface area contributed by atoms with Crippen LogP contribution in [0.2, 0.25) is 0 Å². The molecule has 26 heavy (non-hydrogen) atoms. The van der Waals surface area contributed by atoms with Gasteiger partial charge >= 0.3 is 0 Å². The highest BCUT2D eigenvalue weighted by Crippen LogP contribution is 2.30. The molecule has 2 aliphatic rings. The van der Waals surface area contributed by atoms with E-state index in [0.717, 1.165) is 31.5 Å². The molecule has 0 radical (unpaired) electrons. The van der Waals surface area contributed by atoms with Crippen molar-refractivity contribution in [3.8, 4) is 0 Å². The molecule has 142 valence electrons. The highest BCUT2D eigenvalue weighted by atomic mass is 19.1. The first kappa shape index (κ1) is 18.8. The van der Waals surface area contributed by atoms with Crippen molar-refractivity contribution in [3.05, 3.63) is 35.9 Å². The van der Waals surface area contributed by atoms with Crippen molar-refractivity contribution in [2.24, 2.45) is 0 Å². The first-order chi connectivity index (χ1) is 12.5. The van der Waals surface area contributed by atoms with E-state index < -0.39 is 11.6 Å². The lowest BCUT2D eigenvalue weighted by Gasteiger charge is -2.42. The Morgan fingerprint density at radius 3 is 2.31 bits per heavy atom. The number of halogens is 1. The third-order valence-electron chi connectivity index (χ3n) is 5.72. The third kappa shape index (κ3) is 4.41. The molecule has 0 unspecified atom stereocenters. The molecule has 1 aromatic carbocycles. The van der Waals surface area contributed by atoms with Gasteiger partial charge in [-0.1, -0.05) is 30.3 Å². The Balaban J connectivity index is 1.46. The molecular formula is C20H28FN3O2. The van der Waals surface area contributed by atoms with Gasteiger partial charge in [-0.15, -0.1) is 0 Å². The highest BCUT2D eigenvalue weighted by Gasteiger charge is 2.43. The summed E-state index contributed by atoms with van der Waals surface area (Å²) in [6, 6.07) is 9.95. The summed E-state index contributed by atoms with van der Waals surface area (Å²) in [5.74, 6) is -0.368. The van der Waals surface area contributed by atoms with Gasteiger partial charge in [0.15, 0.2) is 5.67 Å². The van der Waals surface area contributed by atoms with Crippen molar-refractivity contribution in [1.82, 2.24) is 15.1 Å². The van der Waals surface area contributed by atoms with E-state index in [0.29, 0.717) is 25.7 Å². The van der Waals surface area contributed by atoms with Crippen molar-refractivity contribution >= 4 is 11.8 Å². The van der Waals surface area contributed by atoms with Gasteiger partial charge in [-0.2, -0.15) is 0 Å². The smallest absolute Gasteiger partial charge is 0.258 e. The Morgan fingerprint density at radius 1 is 1.12 bits per heavy atom. The summed E-state index contributed by atoms with van der Waals surface area (Å²) in [5, 5.41) is 2.75. The minimum Gasteiger partial charge on any atom is -0.349 e. The first-order valence-corrected chi connectivity index (χ1v) is 9.49. The largest absolute Gasteiger partial charge is 0.349 e. The van der Waals surface area contributed by atoms with E-state index in [9.17, 15) is 9.59 Å². The molecule has 6 heteroatoms. The average Bonchev–Trinajstić information content (AvgIpc) is 2.67. The Kier molecular flexibility index (Phi) is 5.91. The van der Waals surface area contributed by atoms with Crippen LogP contribution >= 0.6 is 0 Å². The fourth-order valence-corrected chi connectivity index (χ4v) is 3.95. The zero-order valence-corrected chi connectivity index (χ0v) is 15.4. The molecule has 2 amide bonds. The number of amides is 2. The molecule has 0 aliphatic carbocycles. The molecule has 2 fully saturated rings. The summed E-state index contributed by atoms with van der Waals surface area (Å²) in [5.41, 5.74) is -0.801. The molecule has 0 aromatic heterocycles. The number of nitrogens with one attached hydrogen (secondary N) is 1. The van der Waals surface area contributed by atoms with Crippen LogP contribution < -0.4 is 5.32 Å². The number of piperidine rings is 2. The van der Waals surface area contributed by atoms with Gasteiger partial charge in [0.2, 0.25) is 5.91 Å². The van der Waals surface area contributed by atoms with E-state index in [1.165, 1.54) is 0 Å². The van der Waals surface area contributed by atoms with Crippen LogP contribution in [0.4, 0.5) is 4.39 Å².